The molecule has 1 fully saturated rings. The van der Waals surface area contributed by atoms with Crippen molar-refractivity contribution in [1.82, 2.24) is 15.3 Å². The number of hydrogen-bond donors (Lipinski definition) is 1. The number of amides is 1. The van der Waals surface area contributed by atoms with E-state index in [2.05, 4.69) is 27.4 Å². The fraction of sp³-hybridized carbons (Fsp3) is 0.450. The topological polar surface area (TPSA) is 64.1 Å². The highest BCUT2D eigenvalue weighted by Gasteiger charge is 2.24. The summed E-state index contributed by atoms with van der Waals surface area (Å²) in [6.07, 6.45) is 9.68. The molecule has 5 heteroatoms. The summed E-state index contributed by atoms with van der Waals surface area (Å²) in [5.74, 6) is 0.159. The highest BCUT2D eigenvalue weighted by Crippen LogP contribution is 2.22. The van der Waals surface area contributed by atoms with Gasteiger partial charge in [0.2, 0.25) is 5.91 Å². The average Bonchev–Trinajstić information content (AvgIpc) is 2.65. The Kier molecular flexibility index (Phi) is 6.37. The lowest BCUT2D eigenvalue weighted by Crippen LogP contribution is -2.39. The molecule has 1 aromatic heterocycles. The Hall–Kier alpha value is -2.43. The molecule has 25 heavy (non-hydrogen) atoms. The van der Waals surface area contributed by atoms with Crippen LogP contribution < -0.4 is 10.1 Å². The van der Waals surface area contributed by atoms with Crippen LogP contribution in [0.5, 0.6) is 6.01 Å². The Balaban J connectivity index is 1.32. The highest BCUT2D eigenvalue weighted by molar-refractivity contribution is 5.76. The molecule has 1 heterocycles. The second kappa shape index (κ2) is 9.16. The van der Waals surface area contributed by atoms with Gasteiger partial charge in [0.05, 0.1) is 0 Å². The molecule has 0 unspecified atom stereocenters. The van der Waals surface area contributed by atoms with Gasteiger partial charge in [-0.05, 0) is 50.2 Å². The van der Waals surface area contributed by atoms with Gasteiger partial charge in [0.25, 0.3) is 0 Å². The molecule has 1 N–H and O–H groups in total. The lowest BCUT2D eigenvalue weighted by Gasteiger charge is -2.28. The van der Waals surface area contributed by atoms with Crippen LogP contribution in [0.1, 0.15) is 44.1 Å². The van der Waals surface area contributed by atoms with Gasteiger partial charge in [-0.25, -0.2) is 9.97 Å². The molecule has 0 radical (unpaired) electrons. The van der Waals surface area contributed by atoms with Crippen LogP contribution in [0, 0.1) is 0 Å². The molecule has 1 aliphatic carbocycles. The zero-order chi connectivity index (χ0) is 17.3. The van der Waals surface area contributed by atoms with Gasteiger partial charge >= 0.3 is 6.01 Å². The smallest absolute Gasteiger partial charge is 0.316 e. The number of nitrogens with one attached hydrogen (secondary N) is 1. The number of ether oxygens (including phenoxy) is 1. The number of carbonyl (C=O) groups is 1. The van der Waals surface area contributed by atoms with Crippen molar-refractivity contribution in [2.45, 2.75) is 57.1 Å². The molecule has 0 atom stereocenters. The summed E-state index contributed by atoms with van der Waals surface area (Å²) in [6, 6.07) is 12.8. The number of aromatic nitrogens is 2. The number of aryl methyl sites for hydroxylation is 1. The molecule has 1 amide bonds. The van der Waals surface area contributed by atoms with Crippen LogP contribution in [-0.4, -0.2) is 28.0 Å². The third kappa shape index (κ3) is 5.85. The summed E-state index contributed by atoms with van der Waals surface area (Å²) in [4.78, 5) is 20.3. The minimum absolute atomic E-state index is 0.147. The van der Waals surface area contributed by atoms with Gasteiger partial charge < -0.3 is 10.1 Å². The fourth-order valence-corrected chi connectivity index (χ4v) is 3.22. The summed E-state index contributed by atoms with van der Waals surface area (Å²) in [5, 5.41) is 3.16. The molecular weight excluding hydrogens is 314 g/mol. The van der Waals surface area contributed by atoms with Crippen molar-refractivity contribution >= 4 is 5.91 Å². The van der Waals surface area contributed by atoms with Crippen LogP contribution in [0.4, 0.5) is 0 Å². The van der Waals surface area contributed by atoms with Crippen LogP contribution in [0.15, 0.2) is 48.8 Å². The van der Waals surface area contributed by atoms with Crippen molar-refractivity contribution in [1.29, 1.82) is 0 Å². The zero-order valence-electron chi connectivity index (χ0n) is 14.4. The van der Waals surface area contributed by atoms with Crippen LogP contribution >= 0.6 is 0 Å². The van der Waals surface area contributed by atoms with Crippen LogP contribution in [0.2, 0.25) is 0 Å². The molecule has 0 saturated heterocycles. The van der Waals surface area contributed by atoms with Crippen molar-refractivity contribution in [2.75, 3.05) is 0 Å². The maximum atomic E-state index is 12.1. The van der Waals surface area contributed by atoms with E-state index in [1.807, 2.05) is 18.2 Å². The van der Waals surface area contributed by atoms with Crippen molar-refractivity contribution in [2.24, 2.45) is 0 Å². The standard InChI is InChI=1S/C20H25N3O2/c24-19(9-4-8-16-6-2-1-3-7-16)23-17-10-12-18(13-11-17)25-20-21-14-5-15-22-20/h1-3,5-7,14-15,17-18H,4,8-13H2,(H,23,24). The lowest BCUT2D eigenvalue weighted by atomic mass is 9.93. The minimum Gasteiger partial charge on any atom is -0.460 e. The number of benzene rings is 1. The van der Waals surface area contributed by atoms with Gasteiger partial charge in [-0.1, -0.05) is 30.3 Å². The van der Waals surface area contributed by atoms with E-state index in [0.29, 0.717) is 12.4 Å². The third-order valence-corrected chi connectivity index (χ3v) is 4.57. The van der Waals surface area contributed by atoms with Gasteiger partial charge in [-0.15, -0.1) is 0 Å². The van der Waals surface area contributed by atoms with Gasteiger partial charge in [0, 0.05) is 24.9 Å². The van der Waals surface area contributed by atoms with Gasteiger partial charge in [-0.2, -0.15) is 0 Å². The van der Waals surface area contributed by atoms with Crippen molar-refractivity contribution < 1.29 is 9.53 Å². The molecule has 0 aliphatic heterocycles. The minimum atomic E-state index is 0.147. The van der Waals surface area contributed by atoms with Crippen LogP contribution in [0.3, 0.4) is 0 Å². The summed E-state index contributed by atoms with van der Waals surface area (Å²) < 4.78 is 5.79. The number of rotatable bonds is 7. The fourth-order valence-electron chi connectivity index (χ4n) is 3.22. The van der Waals surface area contributed by atoms with E-state index in [-0.39, 0.29) is 18.1 Å². The average molecular weight is 339 g/mol. The maximum Gasteiger partial charge on any atom is 0.316 e. The first kappa shape index (κ1) is 17.4. The Bertz CT molecular complexity index is 641. The Morgan fingerprint density at radius 2 is 1.76 bits per heavy atom. The second-order valence-electron chi connectivity index (χ2n) is 6.53. The third-order valence-electron chi connectivity index (χ3n) is 4.57. The van der Waals surface area contributed by atoms with E-state index in [1.165, 1.54) is 5.56 Å². The lowest BCUT2D eigenvalue weighted by molar-refractivity contribution is -0.122. The van der Waals surface area contributed by atoms with E-state index in [0.717, 1.165) is 38.5 Å². The molecular formula is C20H25N3O2. The Morgan fingerprint density at radius 3 is 2.48 bits per heavy atom. The van der Waals surface area contributed by atoms with E-state index >= 15 is 0 Å². The quantitative estimate of drug-likeness (QED) is 0.840. The monoisotopic (exact) mass is 339 g/mol. The maximum absolute atomic E-state index is 12.1. The summed E-state index contributed by atoms with van der Waals surface area (Å²) in [6.45, 7) is 0. The van der Waals surface area contributed by atoms with E-state index in [4.69, 9.17) is 4.74 Å². The largest absolute Gasteiger partial charge is 0.460 e. The summed E-state index contributed by atoms with van der Waals surface area (Å²) >= 11 is 0. The van der Waals surface area contributed by atoms with Gasteiger partial charge in [0.15, 0.2) is 0 Å². The van der Waals surface area contributed by atoms with Gasteiger partial charge in [-0.3, -0.25) is 4.79 Å². The van der Waals surface area contributed by atoms with Gasteiger partial charge in [0.1, 0.15) is 6.10 Å². The molecule has 1 saturated carbocycles. The highest BCUT2D eigenvalue weighted by atomic mass is 16.5. The molecule has 0 spiro atoms. The first-order chi connectivity index (χ1) is 12.3. The van der Waals surface area contributed by atoms with Crippen molar-refractivity contribution in [3.05, 3.63) is 54.4 Å². The molecule has 5 nitrogen and oxygen atoms in total. The number of hydrogen-bond acceptors (Lipinski definition) is 4. The zero-order valence-corrected chi connectivity index (χ0v) is 14.4. The molecule has 132 valence electrons. The van der Waals surface area contributed by atoms with Crippen molar-refractivity contribution in [3.63, 3.8) is 0 Å². The number of carbonyl (C=O) groups excluding carboxylic acids is 1. The Labute approximate surface area is 148 Å². The van der Waals surface area contributed by atoms with Crippen LogP contribution in [-0.2, 0) is 11.2 Å². The van der Waals surface area contributed by atoms with E-state index < -0.39 is 0 Å². The Morgan fingerprint density at radius 1 is 1.04 bits per heavy atom. The molecule has 1 aromatic carbocycles. The molecule has 0 bridgehead atoms. The molecule has 3 rings (SSSR count). The first-order valence-electron chi connectivity index (χ1n) is 9.06. The van der Waals surface area contributed by atoms with E-state index in [1.54, 1.807) is 18.5 Å². The normalized spacial score (nSPS) is 20.0. The number of nitrogens with zero attached hydrogens (tertiary/aromatic N) is 2. The van der Waals surface area contributed by atoms with E-state index in [9.17, 15) is 4.79 Å². The van der Waals surface area contributed by atoms with Crippen molar-refractivity contribution in [3.8, 4) is 6.01 Å². The predicted octanol–water partition coefficient (Wildman–Crippen LogP) is 3.31. The summed E-state index contributed by atoms with van der Waals surface area (Å²) in [5.41, 5.74) is 1.29. The predicted molar refractivity (Wildman–Crippen MR) is 96.2 cm³/mol. The van der Waals surface area contributed by atoms with Crippen LogP contribution in [0.25, 0.3) is 0 Å². The molecule has 1 aliphatic rings. The second-order valence-corrected chi connectivity index (χ2v) is 6.53. The molecule has 2 aromatic rings. The SMILES string of the molecule is O=C(CCCc1ccccc1)NC1CCC(Oc2ncccn2)CC1. The summed E-state index contributed by atoms with van der Waals surface area (Å²) in [7, 11) is 0. The first-order valence-corrected chi connectivity index (χ1v) is 9.06.